The van der Waals surface area contributed by atoms with Crippen LogP contribution in [0.5, 0.6) is 0 Å². The van der Waals surface area contributed by atoms with Gasteiger partial charge in [0.2, 0.25) is 5.91 Å². The Labute approximate surface area is 134 Å². The number of hydrogen-bond donors (Lipinski definition) is 2. The summed E-state index contributed by atoms with van der Waals surface area (Å²) in [5, 5.41) is 6.94. The summed E-state index contributed by atoms with van der Waals surface area (Å²) in [5.41, 5.74) is 1.38. The molecule has 3 atom stereocenters. The quantitative estimate of drug-likeness (QED) is 0.816. The standard InChI is InChI=1S/C15H19Cl2N3O/c1-8-6-12(16)19-14(17)13(8)20-15(21)11-7-9-4-2-3-5-10(9)18-11/h6,9-11,18H,2-5,7H2,1H3,(H,20,21). The van der Waals surface area contributed by atoms with Crippen molar-refractivity contribution >= 4 is 34.8 Å². The van der Waals surface area contributed by atoms with Crippen molar-refractivity contribution < 1.29 is 4.79 Å². The fraction of sp³-hybridized carbons (Fsp3) is 0.600. The molecule has 6 heteroatoms. The van der Waals surface area contributed by atoms with E-state index in [0.717, 1.165) is 12.0 Å². The highest BCUT2D eigenvalue weighted by Crippen LogP contribution is 2.34. The Morgan fingerprint density at radius 2 is 2.14 bits per heavy atom. The van der Waals surface area contributed by atoms with Gasteiger partial charge in [-0.25, -0.2) is 4.98 Å². The minimum absolute atomic E-state index is 0.0291. The van der Waals surface area contributed by atoms with Gasteiger partial charge in [-0.15, -0.1) is 0 Å². The van der Waals surface area contributed by atoms with E-state index in [2.05, 4.69) is 15.6 Å². The van der Waals surface area contributed by atoms with E-state index in [1.165, 1.54) is 25.7 Å². The van der Waals surface area contributed by atoms with Gasteiger partial charge < -0.3 is 10.6 Å². The minimum atomic E-state index is -0.135. The van der Waals surface area contributed by atoms with Gasteiger partial charge in [0.05, 0.1) is 11.7 Å². The molecule has 4 nitrogen and oxygen atoms in total. The highest BCUT2D eigenvalue weighted by Gasteiger charge is 2.38. The number of nitrogens with zero attached hydrogens (tertiary/aromatic N) is 1. The number of pyridine rings is 1. The summed E-state index contributed by atoms with van der Waals surface area (Å²) in [6.07, 6.45) is 5.85. The summed E-state index contributed by atoms with van der Waals surface area (Å²) >= 11 is 11.9. The Bertz CT molecular complexity index is 527. The molecule has 3 unspecified atom stereocenters. The fourth-order valence-electron chi connectivity index (χ4n) is 3.48. The summed E-state index contributed by atoms with van der Waals surface area (Å²) in [7, 11) is 0. The molecule has 0 aromatic carbocycles. The number of amides is 1. The van der Waals surface area contributed by atoms with Crippen LogP contribution >= 0.6 is 23.2 Å². The first-order valence-electron chi connectivity index (χ1n) is 7.44. The predicted molar refractivity (Wildman–Crippen MR) is 84.9 cm³/mol. The third-order valence-corrected chi connectivity index (χ3v) is 5.04. The van der Waals surface area contributed by atoms with E-state index in [4.69, 9.17) is 23.2 Å². The highest BCUT2D eigenvalue weighted by atomic mass is 35.5. The number of nitrogens with one attached hydrogen (secondary N) is 2. The molecule has 2 aliphatic rings. The van der Waals surface area contributed by atoms with Crippen LogP contribution in [0.3, 0.4) is 0 Å². The summed E-state index contributed by atoms with van der Waals surface area (Å²) in [5.74, 6) is 0.605. The van der Waals surface area contributed by atoms with E-state index in [1.807, 2.05) is 6.92 Å². The molecule has 0 bridgehead atoms. The average Bonchev–Trinajstić information content (AvgIpc) is 2.86. The first-order valence-corrected chi connectivity index (χ1v) is 8.19. The maximum atomic E-state index is 12.5. The molecular formula is C15H19Cl2N3O. The molecule has 1 aromatic heterocycles. The van der Waals surface area contributed by atoms with Gasteiger partial charge in [-0.3, -0.25) is 4.79 Å². The Hall–Kier alpha value is -0.840. The number of aryl methyl sites for hydroxylation is 1. The zero-order valence-electron chi connectivity index (χ0n) is 12.0. The predicted octanol–water partition coefficient (Wildman–Crippen LogP) is 3.56. The lowest BCUT2D eigenvalue weighted by Crippen LogP contribution is -2.40. The van der Waals surface area contributed by atoms with Crippen LogP contribution in [0.2, 0.25) is 10.3 Å². The van der Waals surface area contributed by atoms with E-state index >= 15 is 0 Å². The second kappa shape index (κ2) is 6.11. The van der Waals surface area contributed by atoms with Crippen molar-refractivity contribution in [2.75, 3.05) is 5.32 Å². The molecule has 1 saturated carbocycles. The van der Waals surface area contributed by atoms with Crippen LogP contribution in [-0.4, -0.2) is 23.0 Å². The summed E-state index contributed by atoms with van der Waals surface area (Å²) in [4.78, 5) is 16.4. The molecule has 2 fully saturated rings. The van der Waals surface area contributed by atoms with Gasteiger partial charge in [-0.2, -0.15) is 0 Å². The number of rotatable bonds is 2. The molecule has 1 aromatic rings. The zero-order valence-corrected chi connectivity index (χ0v) is 13.5. The summed E-state index contributed by atoms with van der Waals surface area (Å²) in [6.45, 7) is 1.86. The van der Waals surface area contributed by atoms with Crippen molar-refractivity contribution in [3.63, 3.8) is 0 Å². The maximum Gasteiger partial charge on any atom is 0.241 e. The number of aromatic nitrogens is 1. The highest BCUT2D eigenvalue weighted by molar-refractivity contribution is 6.34. The molecule has 21 heavy (non-hydrogen) atoms. The number of fused-ring (bicyclic) bond motifs is 1. The van der Waals surface area contributed by atoms with Gasteiger partial charge in [-0.1, -0.05) is 36.0 Å². The van der Waals surface area contributed by atoms with Crippen LogP contribution in [-0.2, 0) is 4.79 Å². The third kappa shape index (κ3) is 3.17. The lowest BCUT2D eigenvalue weighted by atomic mass is 9.85. The number of halogens is 2. The van der Waals surface area contributed by atoms with Crippen molar-refractivity contribution in [2.45, 2.75) is 51.1 Å². The Kier molecular flexibility index (Phi) is 4.38. The lowest BCUT2D eigenvalue weighted by molar-refractivity contribution is -0.117. The van der Waals surface area contributed by atoms with Crippen molar-refractivity contribution in [3.05, 3.63) is 21.9 Å². The van der Waals surface area contributed by atoms with Gasteiger partial charge in [0.25, 0.3) is 0 Å². The van der Waals surface area contributed by atoms with E-state index < -0.39 is 0 Å². The SMILES string of the molecule is Cc1cc(Cl)nc(Cl)c1NC(=O)C1CC2CCCCC2N1. The normalized spacial score (nSPS) is 28.2. The second-order valence-corrected chi connectivity index (χ2v) is 6.77. The van der Waals surface area contributed by atoms with Crippen LogP contribution in [0.1, 0.15) is 37.7 Å². The molecule has 0 spiro atoms. The number of carbonyl (C=O) groups excluding carboxylic acids is 1. The van der Waals surface area contributed by atoms with Gasteiger partial charge in [0.15, 0.2) is 5.15 Å². The topological polar surface area (TPSA) is 54.0 Å². The van der Waals surface area contributed by atoms with Crippen LogP contribution in [0.25, 0.3) is 0 Å². The smallest absolute Gasteiger partial charge is 0.241 e. The minimum Gasteiger partial charge on any atom is -0.322 e. The number of hydrogen-bond acceptors (Lipinski definition) is 3. The first-order chi connectivity index (χ1) is 10.0. The van der Waals surface area contributed by atoms with Crippen LogP contribution < -0.4 is 10.6 Å². The molecular weight excluding hydrogens is 309 g/mol. The van der Waals surface area contributed by atoms with Crippen molar-refractivity contribution in [2.24, 2.45) is 5.92 Å². The Morgan fingerprint density at radius 1 is 1.38 bits per heavy atom. The fourth-order valence-corrected chi connectivity index (χ4v) is 4.06. The number of carbonyl (C=O) groups is 1. The monoisotopic (exact) mass is 327 g/mol. The van der Waals surface area contributed by atoms with Gasteiger partial charge in [0.1, 0.15) is 5.15 Å². The second-order valence-electron chi connectivity index (χ2n) is 6.02. The lowest BCUT2D eigenvalue weighted by Gasteiger charge is -2.24. The van der Waals surface area contributed by atoms with Crippen LogP contribution in [0.4, 0.5) is 5.69 Å². The Morgan fingerprint density at radius 3 is 2.86 bits per heavy atom. The van der Waals surface area contributed by atoms with Gasteiger partial charge in [-0.05, 0) is 43.7 Å². The zero-order chi connectivity index (χ0) is 15.0. The molecule has 1 amide bonds. The van der Waals surface area contributed by atoms with Crippen molar-refractivity contribution in [3.8, 4) is 0 Å². The molecule has 3 rings (SSSR count). The van der Waals surface area contributed by atoms with Crippen LogP contribution in [0.15, 0.2) is 6.07 Å². The molecule has 1 aliphatic heterocycles. The van der Waals surface area contributed by atoms with E-state index in [0.29, 0.717) is 22.8 Å². The first kappa shape index (κ1) is 15.1. The van der Waals surface area contributed by atoms with E-state index in [9.17, 15) is 4.79 Å². The number of anilines is 1. The molecule has 0 radical (unpaired) electrons. The summed E-state index contributed by atoms with van der Waals surface area (Å²) < 4.78 is 0. The largest absolute Gasteiger partial charge is 0.322 e. The third-order valence-electron chi connectivity index (χ3n) is 4.57. The van der Waals surface area contributed by atoms with Gasteiger partial charge >= 0.3 is 0 Å². The molecule has 1 aliphatic carbocycles. The maximum absolute atomic E-state index is 12.5. The Balaban J connectivity index is 1.70. The molecule has 2 heterocycles. The molecule has 114 valence electrons. The van der Waals surface area contributed by atoms with Crippen LogP contribution in [0, 0.1) is 12.8 Å². The van der Waals surface area contributed by atoms with Crippen molar-refractivity contribution in [1.29, 1.82) is 0 Å². The summed E-state index contributed by atoms with van der Waals surface area (Å²) in [6, 6.07) is 2.06. The van der Waals surface area contributed by atoms with Crippen molar-refractivity contribution in [1.82, 2.24) is 10.3 Å². The molecule has 1 saturated heterocycles. The van der Waals surface area contributed by atoms with E-state index in [-0.39, 0.29) is 17.1 Å². The molecule has 2 N–H and O–H groups in total. The average molecular weight is 328 g/mol. The van der Waals surface area contributed by atoms with Gasteiger partial charge in [0, 0.05) is 6.04 Å². The van der Waals surface area contributed by atoms with E-state index in [1.54, 1.807) is 6.07 Å².